The number of benzene rings is 6. The fourth-order valence-corrected chi connectivity index (χ4v) is 5.69. The van der Waals surface area contributed by atoms with Crippen LogP contribution in [0.4, 0.5) is 8.78 Å². The van der Waals surface area contributed by atoms with Crippen molar-refractivity contribution in [2.24, 2.45) is 0 Å². The van der Waals surface area contributed by atoms with Gasteiger partial charge in [0.1, 0.15) is 0 Å². The molecule has 0 aromatic heterocycles. The van der Waals surface area contributed by atoms with Crippen LogP contribution in [0.5, 0.6) is 0 Å². The maximum atomic E-state index is 15.5. The van der Waals surface area contributed by atoms with Gasteiger partial charge in [-0.25, -0.2) is 0 Å². The van der Waals surface area contributed by atoms with E-state index < -0.39 is 5.92 Å². The van der Waals surface area contributed by atoms with E-state index in [1.54, 1.807) is 18.2 Å². The summed E-state index contributed by atoms with van der Waals surface area (Å²) in [5, 5.41) is 4.35. The zero-order valence-electron chi connectivity index (χ0n) is 18.8. The van der Waals surface area contributed by atoms with Gasteiger partial charge in [-0.1, -0.05) is 115 Å². The summed E-state index contributed by atoms with van der Waals surface area (Å²) in [4.78, 5) is 0. The van der Waals surface area contributed by atoms with E-state index in [0.717, 1.165) is 38.2 Å². The van der Waals surface area contributed by atoms with E-state index in [9.17, 15) is 0 Å². The molecule has 0 heterocycles. The average molecular weight is 455 g/mol. The second-order valence-electron chi connectivity index (χ2n) is 9.09. The van der Waals surface area contributed by atoms with Crippen molar-refractivity contribution < 1.29 is 8.78 Å². The van der Waals surface area contributed by atoms with Crippen molar-refractivity contribution >= 4 is 21.5 Å². The maximum Gasteiger partial charge on any atom is 0.299 e. The second-order valence-corrected chi connectivity index (χ2v) is 9.09. The molecule has 0 radical (unpaired) electrons. The SMILES string of the molecule is FC1(F)c2ccccc2-c2ccc(-c3c4ccccc4c(-c4ccccc4)c4ccccc34)cc21. The standard InChI is InChI=1S/C33H20F2/c34-33(35)29-17-9-8-12-23(29)24-19-18-22(20-30(24)33)32-27-15-6-4-13-25(27)31(21-10-2-1-3-11-21)26-14-5-7-16-28(26)32/h1-20H. The summed E-state index contributed by atoms with van der Waals surface area (Å²) < 4.78 is 31.1. The third-order valence-electron chi connectivity index (χ3n) is 7.20. The molecule has 35 heavy (non-hydrogen) atoms. The summed E-state index contributed by atoms with van der Waals surface area (Å²) in [5.74, 6) is -3.02. The summed E-state index contributed by atoms with van der Waals surface area (Å²) in [7, 11) is 0. The molecule has 6 aromatic carbocycles. The number of fused-ring (bicyclic) bond motifs is 5. The van der Waals surface area contributed by atoms with Crippen LogP contribution in [0.1, 0.15) is 11.1 Å². The predicted octanol–water partition coefficient (Wildman–Crippen LogP) is 9.45. The topological polar surface area (TPSA) is 0 Å². The van der Waals surface area contributed by atoms with Crippen molar-refractivity contribution in [2.75, 3.05) is 0 Å². The Balaban J connectivity index is 1.57. The van der Waals surface area contributed by atoms with Gasteiger partial charge in [0, 0.05) is 11.1 Å². The molecule has 2 heteroatoms. The molecule has 166 valence electrons. The van der Waals surface area contributed by atoms with E-state index >= 15 is 8.78 Å². The monoisotopic (exact) mass is 454 g/mol. The molecule has 0 fully saturated rings. The lowest BCUT2D eigenvalue weighted by molar-refractivity contribution is 0.0480. The first-order chi connectivity index (χ1) is 17.1. The van der Waals surface area contributed by atoms with Crippen LogP contribution in [0.2, 0.25) is 0 Å². The molecular weight excluding hydrogens is 434 g/mol. The van der Waals surface area contributed by atoms with Gasteiger partial charge in [0.15, 0.2) is 0 Å². The van der Waals surface area contributed by atoms with Crippen LogP contribution in [-0.2, 0) is 5.92 Å². The molecule has 0 bridgehead atoms. The molecule has 0 unspecified atom stereocenters. The number of hydrogen-bond acceptors (Lipinski definition) is 0. The molecule has 6 aromatic rings. The Kier molecular flexibility index (Phi) is 4.22. The number of hydrogen-bond donors (Lipinski definition) is 0. The highest BCUT2D eigenvalue weighted by Gasteiger charge is 2.44. The lowest BCUT2D eigenvalue weighted by Crippen LogP contribution is -2.10. The highest BCUT2D eigenvalue weighted by molar-refractivity contribution is 6.21. The number of alkyl halides is 2. The van der Waals surface area contributed by atoms with Gasteiger partial charge in [0.05, 0.1) is 0 Å². The Morgan fingerprint density at radius 2 is 0.886 bits per heavy atom. The highest BCUT2D eigenvalue weighted by Crippen LogP contribution is 2.52. The van der Waals surface area contributed by atoms with Crippen LogP contribution in [0, 0.1) is 0 Å². The Hall–Kier alpha value is -4.30. The Bertz CT molecular complexity index is 1710. The zero-order valence-corrected chi connectivity index (χ0v) is 18.8. The van der Waals surface area contributed by atoms with Crippen molar-refractivity contribution in [3.8, 4) is 33.4 Å². The van der Waals surface area contributed by atoms with Gasteiger partial charge in [-0.15, -0.1) is 0 Å². The third-order valence-corrected chi connectivity index (χ3v) is 7.20. The van der Waals surface area contributed by atoms with Crippen molar-refractivity contribution in [2.45, 2.75) is 5.92 Å². The lowest BCUT2D eigenvalue weighted by atomic mass is 9.85. The summed E-state index contributed by atoms with van der Waals surface area (Å²) in [6.45, 7) is 0. The minimum atomic E-state index is -3.02. The van der Waals surface area contributed by atoms with Crippen molar-refractivity contribution in [1.82, 2.24) is 0 Å². The van der Waals surface area contributed by atoms with Gasteiger partial charge in [-0.3, -0.25) is 0 Å². The van der Waals surface area contributed by atoms with Gasteiger partial charge in [0.25, 0.3) is 5.92 Å². The molecule has 1 aliphatic carbocycles. The largest absolute Gasteiger partial charge is 0.299 e. The Labute approximate surface area is 202 Å². The summed E-state index contributed by atoms with van der Waals surface area (Å²) in [6.07, 6.45) is 0. The smallest absolute Gasteiger partial charge is 0.196 e. The Morgan fingerprint density at radius 3 is 1.51 bits per heavy atom. The molecule has 0 amide bonds. The molecule has 0 spiro atoms. The fraction of sp³-hybridized carbons (Fsp3) is 0.0303. The zero-order chi connectivity index (χ0) is 23.6. The first kappa shape index (κ1) is 20.1. The van der Waals surface area contributed by atoms with Crippen LogP contribution in [0.25, 0.3) is 54.9 Å². The van der Waals surface area contributed by atoms with Gasteiger partial charge < -0.3 is 0 Å². The van der Waals surface area contributed by atoms with E-state index in [2.05, 4.69) is 36.4 Å². The predicted molar refractivity (Wildman–Crippen MR) is 141 cm³/mol. The van der Waals surface area contributed by atoms with Gasteiger partial charge in [-0.05, 0) is 61.0 Å². The maximum absolute atomic E-state index is 15.5. The van der Waals surface area contributed by atoms with Crippen LogP contribution >= 0.6 is 0 Å². The van der Waals surface area contributed by atoms with E-state index in [-0.39, 0.29) is 11.1 Å². The quantitative estimate of drug-likeness (QED) is 0.229. The van der Waals surface area contributed by atoms with Crippen LogP contribution in [0.15, 0.2) is 121 Å². The first-order valence-corrected chi connectivity index (χ1v) is 11.8. The van der Waals surface area contributed by atoms with E-state index in [4.69, 9.17) is 0 Å². The molecule has 1 aliphatic rings. The molecule has 0 aliphatic heterocycles. The van der Waals surface area contributed by atoms with Crippen LogP contribution in [-0.4, -0.2) is 0 Å². The van der Waals surface area contributed by atoms with Crippen molar-refractivity contribution in [3.63, 3.8) is 0 Å². The summed E-state index contributed by atoms with van der Waals surface area (Å²) >= 11 is 0. The molecule has 0 N–H and O–H groups in total. The van der Waals surface area contributed by atoms with Crippen LogP contribution < -0.4 is 0 Å². The summed E-state index contributed by atoms with van der Waals surface area (Å²) in [5.41, 5.74) is 5.50. The molecule has 0 nitrogen and oxygen atoms in total. The van der Waals surface area contributed by atoms with Gasteiger partial charge in [0.2, 0.25) is 0 Å². The highest BCUT2D eigenvalue weighted by atomic mass is 19.3. The van der Waals surface area contributed by atoms with Crippen molar-refractivity contribution in [1.29, 1.82) is 0 Å². The third kappa shape index (κ3) is 2.83. The fourth-order valence-electron chi connectivity index (χ4n) is 5.69. The van der Waals surface area contributed by atoms with Crippen molar-refractivity contribution in [3.05, 3.63) is 132 Å². The minimum Gasteiger partial charge on any atom is -0.196 e. The second kappa shape index (κ2) is 7.35. The number of rotatable bonds is 2. The minimum absolute atomic E-state index is 0.0801. The normalized spacial score (nSPS) is 13.7. The van der Waals surface area contributed by atoms with Crippen LogP contribution in [0.3, 0.4) is 0 Å². The van der Waals surface area contributed by atoms with Gasteiger partial charge in [-0.2, -0.15) is 8.78 Å². The Morgan fingerprint density at radius 1 is 0.400 bits per heavy atom. The molecule has 0 atom stereocenters. The molecular formula is C33H20F2. The summed E-state index contributed by atoms with van der Waals surface area (Å²) in [6, 6.07) is 39.3. The first-order valence-electron chi connectivity index (χ1n) is 11.8. The average Bonchev–Trinajstić information content (AvgIpc) is 3.14. The van der Waals surface area contributed by atoms with E-state index in [1.165, 1.54) is 11.6 Å². The van der Waals surface area contributed by atoms with E-state index in [0.29, 0.717) is 11.1 Å². The number of halogens is 2. The van der Waals surface area contributed by atoms with E-state index in [1.807, 2.05) is 60.7 Å². The molecule has 7 rings (SSSR count). The van der Waals surface area contributed by atoms with Gasteiger partial charge >= 0.3 is 0 Å². The molecule has 0 saturated heterocycles. The lowest BCUT2D eigenvalue weighted by Gasteiger charge is -2.19. The molecule has 0 saturated carbocycles.